The number of nitrogens with one attached hydrogen (secondary N) is 1. The molecule has 1 nitrogen and oxygen atoms in total. The standard InChI is InChI=1S/C14H27N/c1-4-11-8-9-14(10(11)3)15-13(5-2)12-6-7-12/h10-15H,4-9H2,1-3H3. The second kappa shape index (κ2) is 4.86. The van der Waals surface area contributed by atoms with Gasteiger partial charge in [-0.05, 0) is 49.9 Å². The van der Waals surface area contributed by atoms with E-state index in [4.69, 9.17) is 0 Å². The first kappa shape index (κ1) is 11.4. The molecule has 4 atom stereocenters. The maximum Gasteiger partial charge on any atom is 0.00981 e. The average Bonchev–Trinajstić information content (AvgIpc) is 3.02. The second-order valence-corrected chi connectivity index (χ2v) is 5.73. The van der Waals surface area contributed by atoms with Gasteiger partial charge in [-0.25, -0.2) is 0 Å². The molecule has 0 spiro atoms. The third-order valence-corrected chi connectivity index (χ3v) is 4.81. The minimum atomic E-state index is 0.820. The van der Waals surface area contributed by atoms with Crippen LogP contribution in [-0.2, 0) is 0 Å². The average molecular weight is 209 g/mol. The lowest BCUT2D eigenvalue weighted by Crippen LogP contribution is -2.41. The first-order chi connectivity index (χ1) is 7.26. The fraction of sp³-hybridized carbons (Fsp3) is 1.00. The number of hydrogen-bond acceptors (Lipinski definition) is 1. The summed E-state index contributed by atoms with van der Waals surface area (Å²) in [5, 5.41) is 3.94. The lowest BCUT2D eigenvalue weighted by atomic mass is 9.93. The first-order valence-corrected chi connectivity index (χ1v) is 7.02. The lowest BCUT2D eigenvalue weighted by molar-refractivity contribution is 0.303. The summed E-state index contributed by atoms with van der Waals surface area (Å²) in [6.07, 6.45) is 8.53. The smallest absolute Gasteiger partial charge is 0.00981 e. The summed E-state index contributed by atoms with van der Waals surface area (Å²) in [4.78, 5) is 0. The molecule has 88 valence electrons. The van der Waals surface area contributed by atoms with Crippen LogP contribution in [0.2, 0.25) is 0 Å². The van der Waals surface area contributed by atoms with E-state index in [2.05, 4.69) is 26.1 Å². The molecule has 0 aliphatic heterocycles. The highest BCUT2D eigenvalue weighted by molar-refractivity contribution is 4.92. The molecule has 1 heteroatoms. The van der Waals surface area contributed by atoms with E-state index in [1.165, 1.54) is 38.5 Å². The molecular formula is C14H27N. The predicted octanol–water partition coefficient (Wildman–Crippen LogP) is 3.59. The molecule has 0 radical (unpaired) electrons. The fourth-order valence-electron chi connectivity index (χ4n) is 3.42. The molecule has 15 heavy (non-hydrogen) atoms. The van der Waals surface area contributed by atoms with Crippen molar-refractivity contribution in [2.24, 2.45) is 17.8 Å². The van der Waals surface area contributed by atoms with Crippen LogP contribution in [0.4, 0.5) is 0 Å². The van der Waals surface area contributed by atoms with Gasteiger partial charge < -0.3 is 5.32 Å². The van der Waals surface area contributed by atoms with Crippen molar-refractivity contribution in [1.82, 2.24) is 5.32 Å². The molecule has 0 aromatic rings. The topological polar surface area (TPSA) is 12.0 Å². The van der Waals surface area contributed by atoms with Gasteiger partial charge in [-0.2, -0.15) is 0 Å². The van der Waals surface area contributed by atoms with Crippen LogP contribution >= 0.6 is 0 Å². The quantitative estimate of drug-likeness (QED) is 0.729. The van der Waals surface area contributed by atoms with Crippen LogP contribution in [0.25, 0.3) is 0 Å². The Morgan fingerprint density at radius 3 is 2.33 bits per heavy atom. The second-order valence-electron chi connectivity index (χ2n) is 5.73. The van der Waals surface area contributed by atoms with Gasteiger partial charge in [0.2, 0.25) is 0 Å². The minimum Gasteiger partial charge on any atom is -0.311 e. The fourth-order valence-corrected chi connectivity index (χ4v) is 3.42. The number of rotatable bonds is 5. The maximum absolute atomic E-state index is 3.94. The molecule has 2 rings (SSSR count). The van der Waals surface area contributed by atoms with Crippen molar-refractivity contribution < 1.29 is 0 Å². The van der Waals surface area contributed by atoms with Gasteiger partial charge in [0, 0.05) is 12.1 Å². The highest BCUT2D eigenvalue weighted by Gasteiger charge is 2.36. The number of hydrogen-bond donors (Lipinski definition) is 1. The summed E-state index contributed by atoms with van der Waals surface area (Å²) in [6, 6.07) is 1.65. The normalized spacial score (nSPS) is 38.2. The van der Waals surface area contributed by atoms with Crippen molar-refractivity contribution in [2.75, 3.05) is 0 Å². The van der Waals surface area contributed by atoms with Crippen LogP contribution in [-0.4, -0.2) is 12.1 Å². The Morgan fingerprint density at radius 2 is 1.87 bits per heavy atom. The van der Waals surface area contributed by atoms with Crippen LogP contribution in [0.15, 0.2) is 0 Å². The Bertz CT molecular complexity index is 198. The highest BCUT2D eigenvalue weighted by Crippen LogP contribution is 2.38. The van der Waals surface area contributed by atoms with E-state index < -0.39 is 0 Å². The van der Waals surface area contributed by atoms with Gasteiger partial charge in [0.05, 0.1) is 0 Å². The molecule has 0 bridgehead atoms. The molecule has 2 aliphatic carbocycles. The van der Waals surface area contributed by atoms with Crippen molar-refractivity contribution in [3.8, 4) is 0 Å². The Morgan fingerprint density at radius 1 is 1.13 bits per heavy atom. The maximum atomic E-state index is 3.94. The van der Waals surface area contributed by atoms with E-state index in [9.17, 15) is 0 Å². The van der Waals surface area contributed by atoms with E-state index >= 15 is 0 Å². The molecule has 1 N–H and O–H groups in total. The van der Waals surface area contributed by atoms with Gasteiger partial charge in [0.25, 0.3) is 0 Å². The van der Waals surface area contributed by atoms with Gasteiger partial charge in [-0.1, -0.05) is 27.2 Å². The summed E-state index contributed by atoms with van der Waals surface area (Å²) in [6.45, 7) is 7.15. The SMILES string of the molecule is CCC1CCC(NC(CC)C2CC2)C1C. The molecule has 0 aromatic carbocycles. The van der Waals surface area contributed by atoms with E-state index in [1.54, 1.807) is 0 Å². The van der Waals surface area contributed by atoms with Crippen molar-refractivity contribution in [2.45, 2.75) is 71.4 Å². The van der Waals surface area contributed by atoms with Crippen LogP contribution in [0, 0.1) is 17.8 Å². The molecule has 0 saturated heterocycles. The summed E-state index contributed by atoms with van der Waals surface area (Å²) in [7, 11) is 0. The van der Waals surface area contributed by atoms with Gasteiger partial charge >= 0.3 is 0 Å². The molecule has 0 aromatic heterocycles. The summed E-state index contributed by atoms with van der Waals surface area (Å²) >= 11 is 0. The van der Waals surface area contributed by atoms with Gasteiger partial charge in [0.1, 0.15) is 0 Å². The minimum absolute atomic E-state index is 0.820. The van der Waals surface area contributed by atoms with E-state index in [0.29, 0.717) is 0 Å². The van der Waals surface area contributed by atoms with Gasteiger partial charge in [-0.15, -0.1) is 0 Å². The zero-order valence-corrected chi connectivity index (χ0v) is 10.6. The monoisotopic (exact) mass is 209 g/mol. The van der Waals surface area contributed by atoms with Crippen molar-refractivity contribution >= 4 is 0 Å². The first-order valence-electron chi connectivity index (χ1n) is 7.02. The summed E-state index contributed by atoms with van der Waals surface area (Å²) in [5.74, 6) is 2.91. The summed E-state index contributed by atoms with van der Waals surface area (Å²) < 4.78 is 0. The molecular weight excluding hydrogens is 182 g/mol. The van der Waals surface area contributed by atoms with Crippen molar-refractivity contribution in [3.63, 3.8) is 0 Å². The molecule has 2 saturated carbocycles. The Kier molecular flexibility index (Phi) is 3.71. The third kappa shape index (κ3) is 2.55. The van der Waals surface area contributed by atoms with Gasteiger partial charge in [-0.3, -0.25) is 0 Å². The Hall–Kier alpha value is -0.0400. The Balaban J connectivity index is 1.83. The van der Waals surface area contributed by atoms with Crippen molar-refractivity contribution in [1.29, 1.82) is 0 Å². The van der Waals surface area contributed by atoms with Crippen molar-refractivity contribution in [3.05, 3.63) is 0 Å². The summed E-state index contributed by atoms with van der Waals surface area (Å²) in [5.41, 5.74) is 0. The Labute approximate surface area is 95.0 Å². The zero-order chi connectivity index (χ0) is 10.8. The zero-order valence-electron chi connectivity index (χ0n) is 10.6. The highest BCUT2D eigenvalue weighted by atomic mass is 15.0. The molecule has 0 heterocycles. The predicted molar refractivity (Wildman–Crippen MR) is 65.9 cm³/mol. The third-order valence-electron chi connectivity index (χ3n) is 4.81. The van der Waals surface area contributed by atoms with E-state index in [1.807, 2.05) is 0 Å². The van der Waals surface area contributed by atoms with E-state index in [0.717, 1.165) is 29.8 Å². The largest absolute Gasteiger partial charge is 0.311 e. The molecule has 2 fully saturated rings. The molecule has 4 unspecified atom stereocenters. The van der Waals surface area contributed by atoms with Crippen LogP contribution in [0.3, 0.4) is 0 Å². The van der Waals surface area contributed by atoms with E-state index in [-0.39, 0.29) is 0 Å². The molecule has 0 amide bonds. The van der Waals surface area contributed by atoms with Gasteiger partial charge in [0.15, 0.2) is 0 Å². The molecule has 2 aliphatic rings. The van der Waals surface area contributed by atoms with Crippen LogP contribution in [0.1, 0.15) is 59.3 Å². The van der Waals surface area contributed by atoms with Crippen LogP contribution in [0.5, 0.6) is 0 Å². The van der Waals surface area contributed by atoms with Crippen LogP contribution < -0.4 is 5.32 Å². The lowest BCUT2D eigenvalue weighted by Gasteiger charge is -2.26.